The van der Waals surface area contributed by atoms with Crippen LogP contribution in [0.1, 0.15) is 28.5 Å². The van der Waals surface area contributed by atoms with E-state index in [0.29, 0.717) is 18.8 Å². The number of aryl methyl sites for hydroxylation is 1. The fourth-order valence-corrected chi connectivity index (χ4v) is 4.19. The van der Waals surface area contributed by atoms with Gasteiger partial charge in [-0.05, 0) is 80.1 Å². The van der Waals surface area contributed by atoms with E-state index >= 15 is 0 Å². The fraction of sp³-hybridized carbons (Fsp3) is 0.179. The van der Waals surface area contributed by atoms with Crippen LogP contribution in [0.3, 0.4) is 0 Å². The number of carbonyl (C=O) groups excluding carboxylic acids is 1. The standard InChI is InChI=1S/C28H26BrNO4/c1-4-33-28(31)21-8-6-9-23(16-21)30-19(2)11-13-26(30)25-17-22(29)12-14-27(25)34-18-20-7-5-10-24(15-20)32-3/h5-17H,4,18H2,1-3H3. The topological polar surface area (TPSA) is 49.7 Å². The molecule has 3 aromatic carbocycles. The van der Waals surface area contributed by atoms with Crippen LogP contribution in [0, 0.1) is 6.92 Å². The second-order valence-corrected chi connectivity index (χ2v) is 8.66. The highest BCUT2D eigenvalue weighted by Gasteiger charge is 2.16. The van der Waals surface area contributed by atoms with E-state index in [4.69, 9.17) is 14.2 Å². The first-order valence-electron chi connectivity index (χ1n) is 11.0. The van der Waals surface area contributed by atoms with E-state index in [1.165, 1.54) is 0 Å². The molecular formula is C28H26BrNO4. The molecule has 0 amide bonds. The maximum atomic E-state index is 12.3. The molecule has 0 aliphatic rings. The number of esters is 1. The lowest BCUT2D eigenvalue weighted by atomic mass is 10.1. The average molecular weight is 520 g/mol. The Morgan fingerprint density at radius 3 is 2.59 bits per heavy atom. The molecule has 6 heteroatoms. The van der Waals surface area contributed by atoms with E-state index < -0.39 is 0 Å². The first-order chi connectivity index (χ1) is 16.5. The third-order valence-corrected chi connectivity index (χ3v) is 5.93. The van der Waals surface area contributed by atoms with Crippen molar-refractivity contribution in [2.24, 2.45) is 0 Å². The quantitative estimate of drug-likeness (QED) is 0.235. The van der Waals surface area contributed by atoms with E-state index in [2.05, 4.69) is 32.6 Å². The third kappa shape index (κ3) is 5.18. The maximum Gasteiger partial charge on any atom is 0.338 e. The van der Waals surface area contributed by atoms with Crippen LogP contribution in [0.25, 0.3) is 16.9 Å². The molecular weight excluding hydrogens is 494 g/mol. The van der Waals surface area contributed by atoms with Gasteiger partial charge in [0.15, 0.2) is 0 Å². The van der Waals surface area contributed by atoms with Crippen molar-refractivity contribution in [3.63, 3.8) is 0 Å². The van der Waals surface area contributed by atoms with Gasteiger partial charge in [-0.3, -0.25) is 0 Å². The Morgan fingerprint density at radius 1 is 0.971 bits per heavy atom. The number of halogens is 1. The van der Waals surface area contributed by atoms with Crippen molar-refractivity contribution in [1.82, 2.24) is 4.57 Å². The third-order valence-electron chi connectivity index (χ3n) is 5.44. The minimum atomic E-state index is -0.333. The summed E-state index contributed by atoms with van der Waals surface area (Å²) in [5.74, 6) is 1.22. The Hall–Kier alpha value is -3.51. The molecule has 0 aliphatic carbocycles. The van der Waals surface area contributed by atoms with Gasteiger partial charge in [-0.15, -0.1) is 0 Å². The van der Waals surface area contributed by atoms with Crippen LogP contribution in [-0.2, 0) is 11.3 Å². The van der Waals surface area contributed by atoms with E-state index in [9.17, 15) is 4.79 Å². The predicted octanol–water partition coefficient (Wildman–Crippen LogP) is 6.98. The maximum absolute atomic E-state index is 12.3. The van der Waals surface area contributed by atoms with E-state index in [0.717, 1.165) is 44.2 Å². The highest BCUT2D eigenvalue weighted by molar-refractivity contribution is 9.10. The SMILES string of the molecule is CCOC(=O)c1cccc(-n2c(C)ccc2-c2cc(Br)ccc2OCc2cccc(OC)c2)c1. The summed E-state index contributed by atoms with van der Waals surface area (Å²) in [6.45, 7) is 4.58. The van der Waals surface area contributed by atoms with Crippen molar-refractivity contribution in [1.29, 1.82) is 0 Å². The molecule has 0 fully saturated rings. The number of hydrogen-bond acceptors (Lipinski definition) is 4. The lowest BCUT2D eigenvalue weighted by Gasteiger charge is -2.17. The second-order valence-electron chi connectivity index (χ2n) is 7.75. The summed E-state index contributed by atoms with van der Waals surface area (Å²) in [4.78, 5) is 12.3. The Labute approximate surface area is 208 Å². The molecule has 0 N–H and O–H groups in total. The van der Waals surface area contributed by atoms with Crippen LogP contribution >= 0.6 is 15.9 Å². The summed E-state index contributed by atoms with van der Waals surface area (Å²) in [5, 5.41) is 0. The number of benzene rings is 3. The number of carbonyl (C=O) groups is 1. The molecule has 4 aromatic rings. The molecule has 1 aromatic heterocycles. The molecule has 0 spiro atoms. The summed E-state index contributed by atoms with van der Waals surface area (Å²) in [5.41, 5.74) is 5.34. The average Bonchev–Trinajstić information content (AvgIpc) is 3.24. The highest BCUT2D eigenvalue weighted by Crippen LogP contribution is 2.36. The lowest BCUT2D eigenvalue weighted by molar-refractivity contribution is 0.0526. The van der Waals surface area contributed by atoms with Gasteiger partial charge in [0.05, 0.1) is 25.0 Å². The summed E-state index contributed by atoms with van der Waals surface area (Å²) in [6.07, 6.45) is 0. The van der Waals surface area contributed by atoms with Crippen molar-refractivity contribution in [2.75, 3.05) is 13.7 Å². The van der Waals surface area contributed by atoms with Crippen LogP contribution in [-0.4, -0.2) is 24.3 Å². The smallest absolute Gasteiger partial charge is 0.338 e. The van der Waals surface area contributed by atoms with E-state index in [-0.39, 0.29) is 5.97 Å². The lowest BCUT2D eigenvalue weighted by Crippen LogP contribution is -2.07. The summed E-state index contributed by atoms with van der Waals surface area (Å²) < 4.78 is 19.8. The van der Waals surface area contributed by atoms with E-state index in [1.54, 1.807) is 20.1 Å². The zero-order valence-electron chi connectivity index (χ0n) is 19.4. The number of hydrogen-bond donors (Lipinski definition) is 0. The number of ether oxygens (including phenoxy) is 3. The van der Waals surface area contributed by atoms with Gasteiger partial charge >= 0.3 is 5.97 Å². The number of rotatable bonds is 8. The summed E-state index contributed by atoms with van der Waals surface area (Å²) in [6, 6.07) is 25.4. The van der Waals surface area contributed by atoms with Crippen molar-refractivity contribution in [3.05, 3.63) is 100 Å². The van der Waals surface area contributed by atoms with Gasteiger partial charge in [0.2, 0.25) is 0 Å². The predicted molar refractivity (Wildman–Crippen MR) is 137 cm³/mol. The number of aromatic nitrogens is 1. The molecule has 0 saturated heterocycles. The zero-order valence-corrected chi connectivity index (χ0v) is 21.0. The van der Waals surface area contributed by atoms with E-state index in [1.807, 2.05) is 67.6 Å². The molecule has 0 unspecified atom stereocenters. The number of methoxy groups -OCH3 is 1. The molecule has 0 aliphatic heterocycles. The van der Waals surface area contributed by atoms with Gasteiger partial charge in [-0.1, -0.05) is 34.1 Å². The van der Waals surface area contributed by atoms with Crippen LogP contribution in [0.5, 0.6) is 11.5 Å². The Bertz CT molecular complexity index is 1310. The minimum Gasteiger partial charge on any atom is -0.497 e. The molecule has 5 nitrogen and oxygen atoms in total. The monoisotopic (exact) mass is 519 g/mol. The van der Waals surface area contributed by atoms with Gasteiger partial charge in [-0.2, -0.15) is 0 Å². The molecule has 0 atom stereocenters. The number of nitrogens with zero attached hydrogens (tertiary/aromatic N) is 1. The van der Waals surface area contributed by atoms with Gasteiger partial charge in [0.25, 0.3) is 0 Å². The first kappa shape index (κ1) is 23.6. The second kappa shape index (κ2) is 10.6. The Morgan fingerprint density at radius 2 is 1.79 bits per heavy atom. The molecule has 0 saturated carbocycles. The van der Waals surface area contributed by atoms with Crippen LogP contribution in [0.15, 0.2) is 83.3 Å². The fourth-order valence-electron chi connectivity index (χ4n) is 3.83. The molecule has 0 bridgehead atoms. The molecule has 1 heterocycles. The Kier molecular flexibility index (Phi) is 7.38. The largest absolute Gasteiger partial charge is 0.497 e. The van der Waals surface area contributed by atoms with Crippen molar-refractivity contribution in [3.8, 4) is 28.4 Å². The van der Waals surface area contributed by atoms with Gasteiger partial charge in [0, 0.05) is 21.4 Å². The van der Waals surface area contributed by atoms with Crippen molar-refractivity contribution >= 4 is 21.9 Å². The van der Waals surface area contributed by atoms with Gasteiger partial charge in [-0.25, -0.2) is 4.79 Å². The minimum absolute atomic E-state index is 0.333. The van der Waals surface area contributed by atoms with Crippen molar-refractivity contribution in [2.45, 2.75) is 20.5 Å². The molecule has 4 rings (SSSR count). The first-order valence-corrected chi connectivity index (χ1v) is 11.8. The summed E-state index contributed by atoms with van der Waals surface area (Å²) >= 11 is 3.60. The van der Waals surface area contributed by atoms with Crippen molar-refractivity contribution < 1.29 is 19.0 Å². The highest BCUT2D eigenvalue weighted by atomic mass is 79.9. The zero-order chi connectivity index (χ0) is 24.1. The molecule has 174 valence electrons. The van der Waals surface area contributed by atoms with Crippen LogP contribution in [0.2, 0.25) is 0 Å². The molecule has 34 heavy (non-hydrogen) atoms. The van der Waals surface area contributed by atoms with Gasteiger partial charge < -0.3 is 18.8 Å². The molecule has 0 radical (unpaired) electrons. The Balaban J connectivity index is 1.72. The van der Waals surface area contributed by atoms with Gasteiger partial charge in [0.1, 0.15) is 18.1 Å². The van der Waals surface area contributed by atoms with Crippen LogP contribution in [0.4, 0.5) is 0 Å². The summed E-state index contributed by atoms with van der Waals surface area (Å²) in [7, 11) is 1.65. The normalized spacial score (nSPS) is 10.7. The van der Waals surface area contributed by atoms with Crippen LogP contribution < -0.4 is 9.47 Å².